The maximum absolute atomic E-state index is 13.4. The number of aliphatic carboxylic acids is 1. The third-order valence-electron chi connectivity index (χ3n) is 6.69. The van der Waals surface area contributed by atoms with Gasteiger partial charge in [0.2, 0.25) is 0 Å². The largest absolute Gasteiger partial charge is 0.493 e. The van der Waals surface area contributed by atoms with E-state index in [4.69, 9.17) is 26.8 Å². The van der Waals surface area contributed by atoms with Crippen LogP contribution in [0, 0.1) is 18.3 Å². The molecule has 41 heavy (non-hydrogen) atoms. The zero-order chi connectivity index (χ0) is 30.1. The summed E-state index contributed by atoms with van der Waals surface area (Å²) in [6.45, 7) is 4.78. The Balaban J connectivity index is 2.01. The van der Waals surface area contributed by atoms with Crippen molar-refractivity contribution in [1.29, 1.82) is 5.26 Å². The molecule has 1 aromatic carbocycles. The van der Waals surface area contributed by atoms with Crippen molar-refractivity contribution in [3.05, 3.63) is 55.7 Å². The van der Waals surface area contributed by atoms with Gasteiger partial charge in [0, 0.05) is 31.6 Å². The van der Waals surface area contributed by atoms with Crippen LogP contribution in [-0.2, 0) is 22.6 Å². The lowest BCUT2D eigenvalue weighted by Gasteiger charge is -2.20. The highest BCUT2D eigenvalue weighted by Crippen LogP contribution is 2.35. The fourth-order valence-electron chi connectivity index (χ4n) is 4.46. The number of hydrogen-bond acceptors (Lipinski definition) is 9. The topological polar surface area (TPSA) is 134 Å². The molecule has 0 bridgehead atoms. The van der Waals surface area contributed by atoms with E-state index in [1.54, 1.807) is 31.8 Å². The summed E-state index contributed by atoms with van der Waals surface area (Å²) >= 11 is 6.53. The molecule has 10 nitrogen and oxygen atoms in total. The number of carboxylic acids is 1. The highest BCUT2D eigenvalue weighted by molar-refractivity contribution is 8.26. The average molecular weight is 599 g/mol. The molecule has 218 valence electrons. The molecule has 0 radical (unpaired) electrons. The Hall–Kier alpha value is -3.82. The number of carbonyl (C=O) groups excluding carboxylic acids is 1. The molecule has 0 aliphatic carbocycles. The zero-order valence-electron chi connectivity index (χ0n) is 23.6. The number of hydrogen-bond donors (Lipinski definition) is 2. The second-order valence-electron chi connectivity index (χ2n) is 9.38. The highest BCUT2D eigenvalue weighted by atomic mass is 32.2. The number of rotatable bonds is 14. The van der Waals surface area contributed by atoms with Gasteiger partial charge in [-0.15, -0.1) is 0 Å². The number of carboxylic acid groups (broad SMARTS) is 1. The lowest BCUT2D eigenvalue weighted by atomic mass is 10.0. The number of amides is 1. The summed E-state index contributed by atoms with van der Waals surface area (Å²) in [5, 5.41) is 22.2. The number of unbranched alkanes of at least 4 members (excludes halogenated alkanes) is 1. The van der Waals surface area contributed by atoms with E-state index in [2.05, 4.69) is 5.32 Å². The predicted molar refractivity (Wildman–Crippen MR) is 164 cm³/mol. The van der Waals surface area contributed by atoms with Gasteiger partial charge in [0.15, 0.2) is 11.5 Å². The van der Waals surface area contributed by atoms with E-state index in [1.165, 1.54) is 4.90 Å². The molecule has 1 amide bonds. The van der Waals surface area contributed by atoms with Crippen molar-refractivity contribution in [3.63, 3.8) is 0 Å². The number of methoxy groups -OCH3 is 2. The SMILES string of the molecule is CCCCn1c(NCCc2ccc(OC)c(OC)c2)c(/C=C2/SC(=S)N(CCCC(=O)O)C2=O)c(C)c(C#N)c1=O. The maximum atomic E-state index is 13.4. The van der Waals surface area contributed by atoms with E-state index in [1.807, 2.05) is 31.2 Å². The van der Waals surface area contributed by atoms with E-state index in [9.17, 15) is 19.6 Å². The minimum atomic E-state index is -0.941. The first-order chi connectivity index (χ1) is 19.7. The van der Waals surface area contributed by atoms with Crippen molar-refractivity contribution in [2.24, 2.45) is 0 Å². The molecule has 1 fully saturated rings. The van der Waals surface area contributed by atoms with Crippen LogP contribution in [0.2, 0.25) is 0 Å². The van der Waals surface area contributed by atoms with Crippen LogP contribution in [0.3, 0.4) is 0 Å². The van der Waals surface area contributed by atoms with Crippen LogP contribution in [0.1, 0.15) is 54.9 Å². The van der Waals surface area contributed by atoms with Gasteiger partial charge in [0.05, 0.1) is 19.1 Å². The van der Waals surface area contributed by atoms with E-state index in [0.29, 0.717) is 57.2 Å². The summed E-state index contributed by atoms with van der Waals surface area (Å²) in [6.07, 6.45) is 4.05. The van der Waals surface area contributed by atoms with Crippen molar-refractivity contribution in [3.8, 4) is 17.6 Å². The summed E-state index contributed by atoms with van der Waals surface area (Å²) in [4.78, 5) is 39.3. The molecule has 1 aromatic heterocycles. The fraction of sp³-hybridized carbons (Fsp3) is 0.414. The molecular formula is C29H34N4O6S2. The molecular weight excluding hydrogens is 564 g/mol. The first-order valence-electron chi connectivity index (χ1n) is 13.3. The number of ether oxygens (including phenoxy) is 2. The predicted octanol–water partition coefficient (Wildman–Crippen LogP) is 4.57. The molecule has 1 saturated heterocycles. The first kappa shape index (κ1) is 31.7. The van der Waals surface area contributed by atoms with E-state index >= 15 is 0 Å². The van der Waals surface area contributed by atoms with Crippen molar-refractivity contribution in [1.82, 2.24) is 9.47 Å². The molecule has 2 aromatic rings. The molecule has 2 heterocycles. The Morgan fingerprint density at radius 3 is 2.56 bits per heavy atom. The van der Waals surface area contributed by atoms with Crippen LogP contribution in [0.25, 0.3) is 6.08 Å². The molecule has 0 unspecified atom stereocenters. The van der Waals surface area contributed by atoms with Gasteiger partial charge in [-0.05, 0) is 55.5 Å². The minimum absolute atomic E-state index is 0.0229. The number of pyridine rings is 1. The van der Waals surface area contributed by atoms with Crippen LogP contribution in [0.15, 0.2) is 27.9 Å². The maximum Gasteiger partial charge on any atom is 0.303 e. The van der Waals surface area contributed by atoms with Crippen molar-refractivity contribution < 1.29 is 24.2 Å². The Morgan fingerprint density at radius 2 is 1.93 bits per heavy atom. The smallest absolute Gasteiger partial charge is 0.303 e. The third-order valence-corrected chi connectivity index (χ3v) is 8.06. The van der Waals surface area contributed by atoms with Gasteiger partial charge in [-0.25, -0.2) is 0 Å². The van der Waals surface area contributed by atoms with Crippen LogP contribution in [0.4, 0.5) is 5.82 Å². The Morgan fingerprint density at radius 1 is 1.20 bits per heavy atom. The van der Waals surface area contributed by atoms with Gasteiger partial charge in [-0.2, -0.15) is 5.26 Å². The molecule has 0 spiro atoms. The highest BCUT2D eigenvalue weighted by Gasteiger charge is 2.32. The molecule has 0 saturated carbocycles. The van der Waals surface area contributed by atoms with Gasteiger partial charge in [0.25, 0.3) is 11.5 Å². The first-order valence-corrected chi connectivity index (χ1v) is 14.5. The summed E-state index contributed by atoms with van der Waals surface area (Å²) in [5.74, 6) is 0.499. The summed E-state index contributed by atoms with van der Waals surface area (Å²) < 4.78 is 12.6. The van der Waals surface area contributed by atoms with Gasteiger partial charge < -0.3 is 19.9 Å². The number of benzene rings is 1. The molecule has 1 aliphatic heterocycles. The van der Waals surface area contributed by atoms with E-state index in [-0.39, 0.29) is 36.4 Å². The van der Waals surface area contributed by atoms with Gasteiger partial charge >= 0.3 is 5.97 Å². The fourth-order valence-corrected chi connectivity index (χ4v) is 5.75. The molecule has 1 aliphatic rings. The van der Waals surface area contributed by atoms with Gasteiger partial charge in [-0.3, -0.25) is 23.9 Å². The number of nitrogens with zero attached hydrogens (tertiary/aromatic N) is 3. The van der Waals surface area contributed by atoms with Gasteiger partial charge in [0.1, 0.15) is 21.8 Å². The quantitative estimate of drug-likeness (QED) is 0.235. The van der Waals surface area contributed by atoms with Crippen LogP contribution < -0.4 is 20.3 Å². The van der Waals surface area contributed by atoms with Crippen molar-refractivity contribution >= 4 is 52.1 Å². The zero-order valence-corrected chi connectivity index (χ0v) is 25.2. The lowest BCUT2D eigenvalue weighted by molar-refractivity contribution is -0.137. The number of anilines is 1. The minimum Gasteiger partial charge on any atom is -0.493 e. The van der Waals surface area contributed by atoms with Crippen LogP contribution in [-0.4, -0.2) is 58.1 Å². The Kier molecular flexibility index (Phi) is 11.4. The number of nitrogens with one attached hydrogen (secondary N) is 1. The van der Waals surface area contributed by atoms with Crippen LogP contribution >= 0.6 is 24.0 Å². The number of thioether (sulfide) groups is 1. The second-order valence-corrected chi connectivity index (χ2v) is 11.1. The average Bonchev–Trinajstić information content (AvgIpc) is 3.21. The monoisotopic (exact) mass is 598 g/mol. The summed E-state index contributed by atoms with van der Waals surface area (Å²) in [6, 6.07) is 7.71. The molecule has 2 N–H and O–H groups in total. The Bertz CT molecular complexity index is 1460. The van der Waals surface area contributed by atoms with Crippen molar-refractivity contribution in [2.45, 2.75) is 52.5 Å². The molecule has 3 rings (SSSR count). The van der Waals surface area contributed by atoms with E-state index in [0.717, 1.165) is 30.2 Å². The van der Waals surface area contributed by atoms with Gasteiger partial charge in [-0.1, -0.05) is 43.4 Å². The number of carbonyl (C=O) groups is 2. The molecule has 0 atom stereocenters. The number of thiocarbonyl (C=S) groups is 1. The normalized spacial score (nSPS) is 13.9. The standard InChI is InChI=1S/C29H34N4O6S2/c1-5-6-13-32-26(31-12-11-19-9-10-22(38-3)23(15-19)39-4)20(18(2)21(17-30)27(32)36)16-24-28(37)33(29(40)41-24)14-7-8-25(34)35/h9-10,15-16,31H,5-8,11-14H2,1-4H3,(H,34,35)/b24-16+. The third kappa shape index (κ3) is 7.48. The number of aromatic nitrogens is 1. The summed E-state index contributed by atoms with van der Waals surface area (Å²) in [5.41, 5.74) is 1.66. The summed E-state index contributed by atoms with van der Waals surface area (Å²) in [7, 11) is 3.15. The lowest BCUT2D eigenvalue weighted by Crippen LogP contribution is -2.30. The Labute approximate surface area is 248 Å². The van der Waals surface area contributed by atoms with E-state index < -0.39 is 5.97 Å². The second kappa shape index (κ2) is 14.7. The van der Waals surface area contributed by atoms with Crippen LogP contribution in [0.5, 0.6) is 11.5 Å². The number of nitriles is 1. The van der Waals surface area contributed by atoms with Crippen molar-refractivity contribution in [2.75, 3.05) is 32.6 Å². The molecule has 12 heteroatoms.